The topological polar surface area (TPSA) is 21.3 Å². The van der Waals surface area contributed by atoms with Crippen LogP contribution in [0.1, 0.15) is 36.3 Å². The van der Waals surface area contributed by atoms with E-state index in [0.717, 1.165) is 19.8 Å². The van der Waals surface area contributed by atoms with E-state index in [0.29, 0.717) is 11.3 Å². The molecule has 0 aliphatic carbocycles. The van der Waals surface area contributed by atoms with Gasteiger partial charge in [-0.3, -0.25) is 0 Å². The molecule has 3 rings (SSSR count). The maximum absolute atomic E-state index is 5.58. The number of nitrogens with one attached hydrogen (secondary N) is 1. The van der Waals surface area contributed by atoms with Crippen LogP contribution in [-0.4, -0.2) is 26.3 Å². The lowest BCUT2D eigenvalue weighted by Crippen LogP contribution is -2.46. The number of hydrogen-bond donors (Lipinski definition) is 1. The Morgan fingerprint density at radius 1 is 1.11 bits per heavy atom. The molecular formula is C16H23NO. The maximum atomic E-state index is 5.58. The fraction of sp³-hybridized carbons (Fsp3) is 0.625. The van der Waals surface area contributed by atoms with Crippen molar-refractivity contribution in [3.8, 4) is 0 Å². The van der Waals surface area contributed by atoms with Gasteiger partial charge in [-0.25, -0.2) is 0 Å². The molecule has 2 aliphatic heterocycles. The van der Waals surface area contributed by atoms with E-state index in [9.17, 15) is 0 Å². The zero-order chi connectivity index (χ0) is 12.4. The molecule has 2 saturated heterocycles. The Balaban J connectivity index is 1.89. The summed E-state index contributed by atoms with van der Waals surface area (Å²) in [5.74, 6) is 0.663. The zero-order valence-electron chi connectivity index (χ0n) is 11.2. The minimum absolute atomic E-state index is 0.485. The van der Waals surface area contributed by atoms with Crippen LogP contribution >= 0.6 is 0 Å². The summed E-state index contributed by atoms with van der Waals surface area (Å²) in [4.78, 5) is 0. The molecule has 1 aromatic carbocycles. The van der Waals surface area contributed by atoms with Gasteiger partial charge in [-0.05, 0) is 43.7 Å². The van der Waals surface area contributed by atoms with Crippen molar-refractivity contribution in [2.45, 2.75) is 32.1 Å². The second-order valence-electron chi connectivity index (χ2n) is 5.89. The largest absolute Gasteiger partial charge is 0.381 e. The molecule has 2 heteroatoms. The van der Waals surface area contributed by atoms with Gasteiger partial charge < -0.3 is 10.1 Å². The lowest BCUT2D eigenvalue weighted by molar-refractivity contribution is -0.0134. The average Bonchev–Trinajstić information content (AvgIpc) is 2.42. The Labute approximate surface area is 110 Å². The zero-order valence-corrected chi connectivity index (χ0v) is 11.2. The number of benzene rings is 1. The lowest BCUT2D eigenvalue weighted by Gasteiger charge is -2.47. The van der Waals surface area contributed by atoms with E-state index in [1.165, 1.54) is 36.9 Å². The van der Waals surface area contributed by atoms with Gasteiger partial charge in [0.1, 0.15) is 0 Å². The van der Waals surface area contributed by atoms with E-state index in [-0.39, 0.29) is 0 Å². The molecule has 1 unspecified atom stereocenters. The molecule has 2 nitrogen and oxygen atoms in total. The number of ether oxygens (including phenoxy) is 1. The van der Waals surface area contributed by atoms with Crippen LogP contribution in [0.15, 0.2) is 24.3 Å². The smallest absolute Gasteiger partial charge is 0.0471 e. The Morgan fingerprint density at radius 3 is 2.56 bits per heavy atom. The Morgan fingerprint density at radius 2 is 1.83 bits per heavy atom. The van der Waals surface area contributed by atoms with E-state index in [1.54, 1.807) is 0 Å². The molecule has 2 heterocycles. The molecule has 0 radical (unpaired) electrons. The van der Waals surface area contributed by atoms with Crippen molar-refractivity contribution in [1.82, 2.24) is 5.32 Å². The first-order chi connectivity index (χ1) is 8.80. The summed E-state index contributed by atoms with van der Waals surface area (Å²) < 4.78 is 5.58. The third-order valence-corrected chi connectivity index (χ3v) is 4.86. The van der Waals surface area contributed by atoms with Crippen LogP contribution in [0.3, 0.4) is 0 Å². The summed E-state index contributed by atoms with van der Waals surface area (Å²) in [7, 11) is 0. The van der Waals surface area contributed by atoms with Gasteiger partial charge in [-0.1, -0.05) is 29.8 Å². The molecule has 0 bridgehead atoms. The Kier molecular flexibility index (Phi) is 3.40. The molecule has 98 valence electrons. The number of piperidine rings is 1. The van der Waals surface area contributed by atoms with Gasteiger partial charge in [0.2, 0.25) is 0 Å². The number of hydrogen-bond acceptors (Lipinski definition) is 2. The average molecular weight is 245 g/mol. The van der Waals surface area contributed by atoms with Crippen molar-refractivity contribution < 1.29 is 4.74 Å². The van der Waals surface area contributed by atoms with Crippen LogP contribution in [0.5, 0.6) is 0 Å². The predicted molar refractivity (Wildman–Crippen MR) is 73.9 cm³/mol. The molecule has 2 fully saturated rings. The van der Waals surface area contributed by atoms with Gasteiger partial charge in [0.15, 0.2) is 0 Å². The van der Waals surface area contributed by atoms with Crippen LogP contribution in [0.2, 0.25) is 0 Å². The molecule has 1 N–H and O–H groups in total. The minimum atomic E-state index is 0.485. The van der Waals surface area contributed by atoms with Crippen LogP contribution in [0.4, 0.5) is 0 Å². The lowest BCUT2D eigenvalue weighted by atomic mass is 9.63. The fourth-order valence-corrected chi connectivity index (χ4v) is 3.62. The third kappa shape index (κ3) is 2.19. The highest BCUT2D eigenvalue weighted by molar-refractivity contribution is 5.27. The van der Waals surface area contributed by atoms with Gasteiger partial charge in [0.05, 0.1) is 0 Å². The fourth-order valence-electron chi connectivity index (χ4n) is 3.62. The first-order valence-electron chi connectivity index (χ1n) is 7.15. The third-order valence-electron chi connectivity index (χ3n) is 4.86. The first-order valence-corrected chi connectivity index (χ1v) is 7.15. The van der Waals surface area contributed by atoms with Crippen molar-refractivity contribution >= 4 is 0 Å². The first kappa shape index (κ1) is 12.2. The van der Waals surface area contributed by atoms with Crippen molar-refractivity contribution in [3.63, 3.8) is 0 Å². The molecule has 1 atom stereocenters. The molecule has 1 aromatic rings. The standard InChI is InChI=1S/C16H23NO/c1-13-2-4-14(5-3-13)15-12-17-9-6-16(15)7-10-18-11-8-16/h2-5,15,17H,6-12H2,1H3. The van der Waals surface area contributed by atoms with Crippen molar-refractivity contribution in [2.24, 2.45) is 5.41 Å². The minimum Gasteiger partial charge on any atom is -0.381 e. The van der Waals surface area contributed by atoms with Crippen molar-refractivity contribution in [1.29, 1.82) is 0 Å². The quantitative estimate of drug-likeness (QED) is 0.821. The molecule has 0 aromatic heterocycles. The van der Waals surface area contributed by atoms with Crippen LogP contribution in [0.25, 0.3) is 0 Å². The molecule has 2 aliphatic rings. The van der Waals surface area contributed by atoms with E-state index in [1.807, 2.05) is 0 Å². The summed E-state index contributed by atoms with van der Waals surface area (Å²) in [6, 6.07) is 9.14. The second kappa shape index (κ2) is 5.02. The summed E-state index contributed by atoms with van der Waals surface area (Å²) in [5.41, 5.74) is 3.34. The van der Waals surface area contributed by atoms with Crippen molar-refractivity contribution in [3.05, 3.63) is 35.4 Å². The van der Waals surface area contributed by atoms with Crippen LogP contribution < -0.4 is 5.32 Å². The Hall–Kier alpha value is -0.860. The van der Waals surface area contributed by atoms with E-state index in [2.05, 4.69) is 36.5 Å². The summed E-state index contributed by atoms with van der Waals surface area (Å²) in [6.07, 6.45) is 3.76. The number of aryl methyl sites for hydroxylation is 1. The maximum Gasteiger partial charge on any atom is 0.0471 e. The summed E-state index contributed by atoms with van der Waals surface area (Å²) >= 11 is 0. The van der Waals surface area contributed by atoms with Gasteiger partial charge >= 0.3 is 0 Å². The van der Waals surface area contributed by atoms with Crippen molar-refractivity contribution in [2.75, 3.05) is 26.3 Å². The highest BCUT2D eigenvalue weighted by Crippen LogP contribution is 2.47. The normalized spacial score (nSPS) is 27.3. The van der Waals surface area contributed by atoms with E-state index < -0.39 is 0 Å². The van der Waals surface area contributed by atoms with Gasteiger partial charge in [-0.15, -0.1) is 0 Å². The van der Waals surface area contributed by atoms with Gasteiger partial charge in [0.25, 0.3) is 0 Å². The highest BCUT2D eigenvalue weighted by atomic mass is 16.5. The molecule has 0 amide bonds. The van der Waals surface area contributed by atoms with E-state index >= 15 is 0 Å². The predicted octanol–water partition coefficient (Wildman–Crippen LogP) is 2.87. The molecule has 1 spiro atoms. The summed E-state index contributed by atoms with van der Waals surface area (Å²) in [6.45, 7) is 6.35. The molecule has 0 saturated carbocycles. The Bertz CT molecular complexity index is 384. The highest BCUT2D eigenvalue weighted by Gasteiger charge is 2.42. The molecular weight excluding hydrogens is 222 g/mol. The SMILES string of the molecule is Cc1ccc(C2CNCCC23CCOCC3)cc1. The summed E-state index contributed by atoms with van der Waals surface area (Å²) in [5, 5.41) is 3.58. The molecule has 18 heavy (non-hydrogen) atoms. The van der Waals surface area contributed by atoms with Crippen LogP contribution in [-0.2, 0) is 4.74 Å². The number of rotatable bonds is 1. The van der Waals surface area contributed by atoms with Crippen LogP contribution in [0, 0.1) is 12.3 Å². The van der Waals surface area contributed by atoms with Gasteiger partial charge in [0, 0.05) is 25.7 Å². The monoisotopic (exact) mass is 245 g/mol. The van der Waals surface area contributed by atoms with Gasteiger partial charge in [-0.2, -0.15) is 0 Å². The van der Waals surface area contributed by atoms with E-state index in [4.69, 9.17) is 4.74 Å². The second-order valence-corrected chi connectivity index (χ2v) is 5.89.